The van der Waals surface area contributed by atoms with Crippen molar-refractivity contribution in [2.24, 2.45) is 11.8 Å². The van der Waals surface area contributed by atoms with Crippen LogP contribution in [0.25, 0.3) is 0 Å². The lowest BCUT2D eigenvalue weighted by Gasteiger charge is -2.21. The minimum absolute atomic E-state index is 0.0215. The van der Waals surface area contributed by atoms with E-state index in [1.165, 1.54) is 36.4 Å². The Morgan fingerprint density at radius 1 is 0.684 bits per heavy atom. The fourth-order valence-electron chi connectivity index (χ4n) is 3.33. The molecular weight excluding hydrogens is 498 g/mol. The maximum absolute atomic E-state index is 13.7. The first-order valence-electron chi connectivity index (χ1n) is 12.4. The van der Waals surface area contributed by atoms with E-state index in [2.05, 4.69) is 10.6 Å². The topological polar surface area (TPSA) is 111 Å². The monoisotopic (exact) mass is 532 g/mol. The van der Waals surface area contributed by atoms with Gasteiger partial charge in [0.2, 0.25) is 0 Å². The molecule has 0 unspecified atom stereocenters. The van der Waals surface area contributed by atoms with E-state index < -0.39 is 47.5 Å². The van der Waals surface area contributed by atoms with Gasteiger partial charge >= 0.3 is 23.8 Å². The Bertz CT molecular complexity index is 1030. The van der Waals surface area contributed by atoms with Crippen LogP contribution in [0.5, 0.6) is 0 Å². The molecule has 0 radical (unpaired) electrons. The average Bonchev–Trinajstić information content (AvgIpc) is 2.84. The lowest BCUT2D eigenvalue weighted by molar-refractivity contribution is -0.152. The second kappa shape index (κ2) is 14.8. The van der Waals surface area contributed by atoms with Crippen molar-refractivity contribution < 1.29 is 37.4 Å². The summed E-state index contributed by atoms with van der Waals surface area (Å²) in [5.74, 6) is -5.00. The molecule has 0 saturated heterocycles. The fraction of sp³-hybridized carbons (Fsp3) is 0.429. The van der Waals surface area contributed by atoms with E-state index in [1.54, 1.807) is 12.1 Å². The van der Waals surface area contributed by atoms with E-state index in [0.717, 1.165) is 0 Å². The zero-order valence-corrected chi connectivity index (χ0v) is 22.0. The number of benzene rings is 2. The molecule has 0 spiro atoms. The van der Waals surface area contributed by atoms with Gasteiger partial charge in [0.05, 0.1) is 13.2 Å². The average molecular weight is 533 g/mol. The van der Waals surface area contributed by atoms with Crippen molar-refractivity contribution in [3.05, 3.63) is 71.3 Å². The third-order valence-electron chi connectivity index (χ3n) is 5.16. The SMILES string of the molecule is CC(C)COC(=O)[C@@H](Cc1cccc(F)c1)NC(=O)C(=O)N[C@H](Cc1cccc(F)c1)C(=O)OCC(C)C. The van der Waals surface area contributed by atoms with E-state index in [9.17, 15) is 28.0 Å². The summed E-state index contributed by atoms with van der Waals surface area (Å²) in [6.45, 7) is 7.49. The Kier molecular flexibility index (Phi) is 11.8. The van der Waals surface area contributed by atoms with Gasteiger partial charge in [-0.05, 0) is 47.2 Å². The van der Waals surface area contributed by atoms with E-state index in [1.807, 2.05) is 27.7 Å². The molecule has 10 heteroatoms. The molecule has 2 amide bonds. The molecule has 0 aliphatic heterocycles. The maximum Gasteiger partial charge on any atom is 0.329 e. The molecule has 0 aliphatic carbocycles. The number of amides is 2. The molecule has 2 rings (SSSR count). The van der Waals surface area contributed by atoms with Gasteiger partial charge in [0, 0.05) is 12.8 Å². The highest BCUT2D eigenvalue weighted by Crippen LogP contribution is 2.10. The Balaban J connectivity index is 2.17. The summed E-state index contributed by atoms with van der Waals surface area (Å²) >= 11 is 0. The molecule has 0 aliphatic rings. The van der Waals surface area contributed by atoms with Crippen LogP contribution in [0.2, 0.25) is 0 Å². The highest BCUT2D eigenvalue weighted by Gasteiger charge is 2.30. The summed E-state index contributed by atoms with van der Waals surface area (Å²) in [5.41, 5.74) is 0.803. The first-order chi connectivity index (χ1) is 17.9. The molecule has 8 nitrogen and oxygen atoms in total. The molecule has 0 saturated carbocycles. The first kappa shape index (κ1) is 30.4. The number of hydrogen-bond donors (Lipinski definition) is 2. The second-order valence-corrected chi connectivity index (χ2v) is 9.77. The summed E-state index contributed by atoms with van der Waals surface area (Å²) < 4.78 is 37.8. The van der Waals surface area contributed by atoms with E-state index in [-0.39, 0.29) is 37.9 Å². The summed E-state index contributed by atoms with van der Waals surface area (Å²) in [5, 5.41) is 4.63. The third-order valence-corrected chi connectivity index (χ3v) is 5.16. The van der Waals surface area contributed by atoms with Crippen LogP contribution in [-0.4, -0.2) is 49.1 Å². The van der Waals surface area contributed by atoms with Crippen LogP contribution in [0.3, 0.4) is 0 Å². The summed E-state index contributed by atoms with van der Waals surface area (Å²) in [7, 11) is 0. The molecule has 2 aromatic rings. The Labute approximate surface area is 221 Å². The largest absolute Gasteiger partial charge is 0.464 e. The van der Waals surface area contributed by atoms with Gasteiger partial charge in [0.25, 0.3) is 0 Å². The zero-order chi connectivity index (χ0) is 28.2. The molecular formula is C28H34F2N2O6. The third kappa shape index (κ3) is 10.7. The van der Waals surface area contributed by atoms with Crippen LogP contribution in [0.15, 0.2) is 48.5 Å². The van der Waals surface area contributed by atoms with Gasteiger partial charge < -0.3 is 20.1 Å². The van der Waals surface area contributed by atoms with Crippen LogP contribution in [0, 0.1) is 23.5 Å². The van der Waals surface area contributed by atoms with Gasteiger partial charge in [-0.25, -0.2) is 18.4 Å². The number of nitrogens with one attached hydrogen (secondary N) is 2. The predicted molar refractivity (Wildman–Crippen MR) is 136 cm³/mol. The molecule has 0 heterocycles. The Morgan fingerprint density at radius 2 is 1.05 bits per heavy atom. The molecule has 2 atom stereocenters. The van der Waals surface area contributed by atoms with Crippen LogP contribution < -0.4 is 10.6 Å². The highest BCUT2D eigenvalue weighted by molar-refractivity contribution is 6.35. The number of rotatable bonds is 12. The summed E-state index contributed by atoms with van der Waals surface area (Å²) in [6, 6.07) is 8.34. The molecule has 0 fully saturated rings. The van der Waals surface area contributed by atoms with Crippen molar-refractivity contribution >= 4 is 23.8 Å². The number of halogens is 2. The summed E-state index contributed by atoms with van der Waals surface area (Å²) in [6.07, 6.45) is -0.256. The lowest BCUT2D eigenvalue weighted by Crippen LogP contribution is -2.53. The van der Waals surface area contributed by atoms with Gasteiger partial charge in [0.1, 0.15) is 23.7 Å². The van der Waals surface area contributed by atoms with E-state index in [4.69, 9.17) is 9.47 Å². The molecule has 2 aromatic carbocycles. The predicted octanol–water partition coefficient (Wildman–Crippen LogP) is 3.12. The van der Waals surface area contributed by atoms with Gasteiger partial charge in [-0.3, -0.25) is 9.59 Å². The maximum atomic E-state index is 13.7. The normalized spacial score (nSPS) is 12.5. The molecule has 0 bridgehead atoms. The van der Waals surface area contributed by atoms with E-state index >= 15 is 0 Å². The lowest BCUT2D eigenvalue weighted by atomic mass is 10.0. The Morgan fingerprint density at radius 3 is 1.37 bits per heavy atom. The van der Waals surface area contributed by atoms with Gasteiger partial charge in [-0.1, -0.05) is 52.0 Å². The quantitative estimate of drug-likeness (QED) is 0.321. The van der Waals surface area contributed by atoms with Crippen molar-refractivity contribution in [3.63, 3.8) is 0 Å². The summed E-state index contributed by atoms with van der Waals surface area (Å²) in [4.78, 5) is 50.9. The van der Waals surface area contributed by atoms with Crippen molar-refractivity contribution in [1.29, 1.82) is 0 Å². The standard InChI is InChI=1S/C28H34F2N2O6/c1-17(2)15-37-27(35)23(13-19-7-5-9-21(29)11-19)31-25(33)26(34)32-24(28(36)38-16-18(3)4)14-20-8-6-10-22(30)12-20/h5-12,17-18,23-24H,13-16H2,1-4H3,(H,31,33)(H,32,34)/t23-,24-/m1/s1. The minimum atomic E-state index is -1.29. The fourth-order valence-corrected chi connectivity index (χ4v) is 3.33. The minimum Gasteiger partial charge on any atom is -0.464 e. The van der Waals surface area contributed by atoms with Gasteiger partial charge in [-0.2, -0.15) is 0 Å². The number of hydrogen-bond acceptors (Lipinski definition) is 6. The number of carbonyl (C=O) groups excluding carboxylic acids is 4. The molecule has 206 valence electrons. The van der Waals surface area contributed by atoms with Crippen molar-refractivity contribution in [2.45, 2.75) is 52.6 Å². The van der Waals surface area contributed by atoms with Crippen LogP contribution in [-0.2, 0) is 41.5 Å². The van der Waals surface area contributed by atoms with Crippen molar-refractivity contribution in [2.75, 3.05) is 13.2 Å². The first-order valence-corrected chi connectivity index (χ1v) is 12.4. The molecule has 2 N–H and O–H groups in total. The highest BCUT2D eigenvalue weighted by atomic mass is 19.1. The van der Waals surface area contributed by atoms with Crippen LogP contribution in [0.1, 0.15) is 38.8 Å². The van der Waals surface area contributed by atoms with Crippen molar-refractivity contribution in [3.8, 4) is 0 Å². The smallest absolute Gasteiger partial charge is 0.329 e. The number of esters is 2. The van der Waals surface area contributed by atoms with Crippen LogP contribution >= 0.6 is 0 Å². The molecule has 0 aromatic heterocycles. The molecule has 38 heavy (non-hydrogen) atoms. The van der Waals surface area contributed by atoms with Gasteiger partial charge in [-0.15, -0.1) is 0 Å². The zero-order valence-electron chi connectivity index (χ0n) is 22.0. The van der Waals surface area contributed by atoms with Gasteiger partial charge in [0.15, 0.2) is 0 Å². The van der Waals surface area contributed by atoms with E-state index in [0.29, 0.717) is 11.1 Å². The van der Waals surface area contributed by atoms with Crippen molar-refractivity contribution in [1.82, 2.24) is 10.6 Å². The number of ether oxygens (including phenoxy) is 2. The Hall–Kier alpha value is -3.82. The second-order valence-electron chi connectivity index (χ2n) is 9.77. The number of carbonyl (C=O) groups is 4. The van der Waals surface area contributed by atoms with Crippen LogP contribution in [0.4, 0.5) is 8.78 Å².